The fourth-order valence-electron chi connectivity index (χ4n) is 1.22. The third-order valence-electron chi connectivity index (χ3n) is 2.09. The molecule has 1 unspecified atom stereocenters. The zero-order valence-corrected chi connectivity index (χ0v) is 13.4. The summed E-state index contributed by atoms with van der Waals surface area (Å²) < 4.78 is 30.3. The monoisotopic (exact) mass is 296 g/mol. The van der Waals surface area contributed by atoms with Gasteiger partial charge in [0.15, 0.2) is 0 Å². The van der Waals surface area contributed by atoms with Crippen LogP contribution >= 0.6 is 0 Å². The summed E-state index contributed by atoms with van der Waals surface area (Å²) in [6, 6.07) is 4.96. The van der Waals surface area contributed by atoms with E-state index in [9.17, 15) is 18.3 Å². The summed E-state index contributed by atoms with van der Waals surface area (Å²) in [5, 5.41) is 10.3. The quantitative estimate of drug-likeness (QED) is 0.282. The second kappa shape index (κ2) is 7.83. The van der Waals surface area contributed by atoms with Crippen molar-refractivity contribution in [3.05, 3.63) is 24.3 Å². The maximum atomic E-state index is 10.8. The number of aliphatic carboxylic acids is 1. The fourth-order valence-corrected chi connectivity index (χ4v) is 1.70. The number of benzene rings is 1. The number of hydrogen-bond acceptors (Lipinski definition) is 6. The molecule has 1 atom stereocenters. The maximum Gasteiger partial charge on any atom is 1.00 e. The van der Waals surface area contributed by atoms with Crippen molar-refractivity contribution in [1.82, 2.24) is 5.43 Å². The average Bonchev–Trinajstić information content (AvgIpc) is 2.25. The normalized spacial score (nSPS) is 12.3. The standard InChI is InChI=1S/C10H14N2O5S.Na/c1-7(6-10(13)14)11-12-8-2-4-9(5-3-8)18(15,16)17;/h2-5,7,11-12H,6H2,1H3,(H,13,14)(H,15,16,17);/q;+1/p-1. The number of hydrazine groups is 1. The molecule has 0 fully saturated rings. The van der Waals surface area contributed by atoms with E-state index in [0.29, 0.717) is 5.69 Å². The van der Waals surface area contributed by atoms with E-state index in [2.05, 4.69) is 10.9 Å². The van der Waals surface area contributed by atoms with Crippen LogP contribution in [0.2, 0.25) is 0 Å². The van der Waals surface area contributed by atoms with Crippen LogP contribution in [0.1, 0.15) is 13.3 Å². The molecule has 0 aliphatic rings. The number of carbonyl (C=O) groups is 1. The minimum atomic E-state index is -4.20. The largest absolute Gasteiger partial charge is 1.00 e. The molecule has 0 amide bonds. The van der Waals surface area contributed by atoms with Crippen molar-refractivity contribution in [2.75, 3.05) is 5.43 Å². The van der Waals surface area contributed by atoms with Crippen LogP contribution in [-0.2, 0) is 14.9 Å². The number of carboxylic acid groups (broad SMARTS) is 1. The minimum Gasteiger partial charge on any atom is -0.550 e. The van der Waals surface area contributed by atoms with Crippen molar-refractivity contribution in [2.24, 2.45) is 0 Å². The molecule has 100 valence electrons. The van der Waals surface area contributed by atoms with Gasteiger partial charge in [-0.15, -0.1) is 0 Å². The molecule has 7 nitrogen and oxygen atoms in total. The molecule has 0 aliphatic heterocycles. The first-order chi connectivity index (χ1) is 8.29. The number of rotatable bonds is 6. The van der Waals surface area contributed by atoms with E-state index in [-0.39, 0.29) is 46.9 Å². The van der Waals surface area contributed by atoms with Crippen LogP contribution < -0.4 is 45.5 Å². The zero-order chi connectivity index (χ0) is 13.8. The number of hydrogen-bond donors (Lipinski definition) is 3. The summed E-state index contributed by atoms with van der Waals surface area (Å²) in [7, 11) is -4.20. The molecule has 3 N–H and O–H groups in total. The van der Waals surface area contributed by atoms with E-state index in [1.807, 2.05) is 0 Å². The summed E-state index contributed by atoms with van der Waals surface area (Å²) in [6.07, 6.45) is -0.157. The predicted molar refractivity (Wildman–Crippen MR) is 62.1 cm³/mol. The Balaban J connectivity index is 0.00000324. The topological polar surface area (TPSA) is 119 Å². The summed E-state index contributed by atoms with van der Waals surface area (Å²) in [5.41, 5.74) is 5.95. The van der Waals surface area contributed by atoms with E-state index < -0.39 is 16.1 Å². The molecule has 9 heteroatoms. The smallest absolute Gasteiger partial charge is 0.550 e. The third kappa shape index (κ3) is 6.90. The summed E-state index contributed by atoms with van der Waals surface area (Å²) >= 11 is 0. The van der Waals surface area contributed by atoms with E-state index in [0.717, 1.165) is 0 Å². The van der Waals surface area contributed by atoms with Crippen LogP contribution in [0.4, 0.5) is 5.69 Å². The van der Waals surface area contributed by atoms with Gasteiger partial charge in [0.1, 0.15) is 0 Å². The molecule has 1 aromatic carbocycles. The van der Waals surface area contributed by atoms with Crippen molar-refractivity contribution < 1.29 is 52.4 Å². The van der Waals surface area contributed by atoms with Crippen LogP contribution in [0, 0.1) is 0 Å². The number of nitrogens with one attached hydrogen (secondary N) is 2. The van der Waals surface area contributed by atoms with E-state index in [1.54, 1.807) is 6.92 Å². The van der Waals surface area contributed by atoms with Crippen molar-refractivity contribution in [1.29, 1.82) is 0 Å². The first-order valence-electron chi connectivity index (χ1n) is 5.08. The molecule has 1 aromatic rings. The van der Waals surface area contributed by atoms with Crippen LogP contribution in [0.3, 0.4) is 0 Å². The van der Waals surface area contributed by atoms with E-state index >= 15 is 0 Å². The molecule has 0 saturated heterocycles. The third-order valence-corrected chi connectivity index (χ3v) is 2.96. The van der Waals surface area contributed by atoms with E-state index in [1.165, 1.54) is 24.3 Å². The summed E-state index contributed by atoms with van der Waals surface area (Å²) in [5.74, 6) is -1.17. The number of anilines is 1. The van der Waals surface area contributed by atoms with Crippen molar-refractivity contribution in [2.45, 2.75) is 24.3 Å². The van der Waals surface area contributed by atoms with Crippen LogP contribution in [-0.4, -0.2) is 25.0 Å². The van der Waals surface area contributed by atoms with Gasteiger partial charge >= 0.3 is 29.6 Å². The molecule has 0 heterocycles. The number of carboxylic acids is 1. The van der Waals surface area contributed by atoms with Gasteiger partial charge < -0.3 is 15.3 Å². The molecule has 19 heavy (non-hydrogen) atoms. The van der Waals surface area contributed by atoms with Gasteiger partial charge in [-0.3, -0.25) is 4.55 Å². The van der Waals surface area contributed by atoms with Gasteiger partial charge in [0.25, 0.3) is 10.1 Å². The molecular weight excluding hydrogens is 283 g/mol. The Bertz CT molecular complexity index is 517. The van der Waals surface area contributed by atoms with Crippen LogP contribution in [0.25, 0.3) is 0 Å². The Morgan fingerprint density at radius 3 is 2.32 bits per heavy atom. The van der Waals surface area contributed by atoms with Gasteiger partial charge in [-0.2, -0.15) is 8.42 Å². The Labute approximate surface area is 133 Å². The average molecular weight is 296 g/mol. The van der Waals surface area contributed by atoms with Crippen molar-refractivity contribution in [3.63, 3.8) is 0 Å². The molecular formula is C10H13N2NaO5S. The second-order valence-electron chi connectivity index (χ2n) is 3.75. The molecule has 0 saturated carbocycles. The van der Waals surface area contributed by atoms with Gasteiger partial charge in [0.2, 0.25) is 0 Å². The minimum absolute atomic E-state index is 0. The first kappa shape index (κ1) is 18.4. The Hall–Kier alpha value is -0.640. The number of carbonyl (C=O) groups excluding carboxylic acids is 1. The molecule has 0 spiro atoms. The van der Waals surface area contributed by atoms with Crippen molar-refractivity contribution in [3.8, 4) is 0 Å². The molecule has 0 aromatic heterocycles. The Kier molecular flexibility index (Phi) is 7.57. The summed E-state index contributed by atoms with van der Waals surface area (Å²) in [4.78, 5) is 10.1. The van der Waals surface area contributed by atoms with Crippen LogP contribution in [0.15, 0.2) is 29.2 Å². The van der Waals surface area contributed by atoms with E-state index in [4.69, 9.17) is 4.55 Å². The van der Waals surface area contributed by atoms with Crippen molar-refractivity contribution >= 4 is 21.8 Å². The maximum absolute atomic E-state index is 10.8. The Morgan fingerprint density at radius 2 is 1.89 bits per heavy atom. The molecule has 0 aliphatic carbocycles. The molecule has 0 bridgehead atoms. The summed E-state index contributed by atoms with van der Waals surface area (Å²) in [6.45, 7) is 1.65. The van der Waals surface area contributed by atoms with Gasteiger partial charge in [0, 0.05) is 24.1 Å². The fraction of sp³-hybridized carbons (Fsp3) is 0.300. The SMILES string of the molecule is CC(CC(=O)[O-])NNc1ccc(S(=O)(=O)O)cc1.[Na+]. The molecule has 1 rings (SSSR count). The van der Waals surface area contributed by atoms with Gasteiger partial charge in [-0.1, -0.05) is 0 Å². The van der Waals surface area contributed by atoms with Crippen LogP contribution in [0.5, 0.6) is 0 Å². The Morgan fingerprint density at radius 1 is 1.37 bits per heavy atom. The first-order valence-corrected chi connectivity index (χ1v) is 6.52. The second-order valence-corrected chi connectivity index (χ2v) is 5.17. The van der Waals surface area contributed by atoms with Gasteiger partial charge in [-0.25, -0.2) is 5.43 Å². The zero-order valence-electron chi connectivity index (χ0n) is 10.6. The van der Waals surface area contributed by atoms with Gasteiger partial charge in [-0.05, 0) is 31.2 Å². The molecule has 0 radical (unpaired) electrons. The van der Waals surface area contributed by atoms with Gasteiger partial charge in [0.05, 0.1) is 4.90 Å². The predicted octanol–water partition coefficient (Wildman–Crippen LogP) is -3.62.